The van der Waals surface area contributed by atoms with Crippen LogP contribution >= 0.6 is 0 Å². The zero-order valence-electron chi connectivity index (χ0n) is 13.4. The summed E-state index contributed by atoms with van der Waals surface area (Å²) in [4.78, 5) is 25.7. The summed E-state index contributed by atoms with van der Waals surface area (Å²) in [7, 11) is 1.60. The zero-order chi connectivity index (χ0) is 17.7. The Hall–Kier alpha value is -3.16. The third-order valence-corrected chi connectivity index (χ3v) is 3.45. The molecule has 2 aromatic rings. The molecule has 126 valence electrons. The molecule has 0 aliphatic carbocycles. The molecule has 8 nitrogen and oxygen atoms in total. The number of para-hydroxylation sites is 1. The fourth-order valence-corrected chi connectivity index (χ4v) is 2.34. The van der Waals surface area contributed by atoms with Gasteiger partial charge in [0.15, 0.2) is 0 Å². The van der Waals surface area contributed by atoms with Crippen LogP contribution in [0.1, 0.15) is 22.8 Å². The molecule has 0 aliphatic heterocycles. The van der Waals surface area contributed by atoms with Crippen molar-refractivity contribution < 1.29 is 14.5 Å². The van der Waals surface area contributed by atoms with E-state index >= 15 is 0 Å². The van der Waals surface area contributed by atoms with Crippen LogP contribution in [0.3, 0.4) is 0 Å². The zero-order valence-corrected chi connectivity index (χ0v) is 13.4. The molecule has 0 saturated carbocycles. The van der Waals surface area contributed by atoms with E-state index in [-0.39, 0.29) is 23.1 Å². The van der Waals surface area contributed by atoms with Gasteiger partial charge < -0.3 is 15.8 Å². The molecule has 0 spiro atoms. The highest BCUT2D eigenvalue weighted by molar-refractivity contribution is 5.98. The Morgan fingerprint density at radius 2 is 2.17 bits per heavy atom. The van der Waals surface area contributed by atoms with Gasteiger partial charge in [-0.05, 0) is 25.0 Å². The number of carbonyl (C=O) groups is 1. The molecule has 24 heavy (non-hydrogen) atoms. The number of nitrogens with one attached hydrogen (secondary N) is 1. The van der Waals surface area contributed by atoms with E-state index in [9.17, 15) is 14.9 Å². The first-order chi connectivity index (χ1) is 11.4. The number of benzene rings is 1. The van der Waals surface area contributed by atoms with Crippen molar-refractivity contribution in [1.29, 1.82) is 0 Å². The summed E-state index contributed by atoms with van der Waals surface area (Å²) in [5.74, 6) is 0.201. The van der Waals surface area contributed by atoms with Crippen LogP contribution in [-0.4, -0.2) is 29.0 Å². The fraction of sp³-hybridized carbons (Fsp3) is 0.250. The van der Waals surface area contributed by atoms with Gasteiger partial charge >= 0.3 is 0 Å². The number of rotatable bonds is 7. The lowest BCUT2D eigenvalue weighted by molar-refractivity contribution is -0.385. The lowest BCUT2D eigenvalue weighted by atomic mass is 10.1. The van der Waals surface area contributed by atoms with Crippen LogP contribution in [0.15, 0.2) is 36.5 Å². The SMILES string of the molecule is COc1ccccc1CC(C)Nc1ncc([N+](=O)[O-])cc1C(N)=O. The minimum atomic E-state index is -0.779. The first-order valence-electron chi connectivity index (χ1n) is 7.25. The van der Waals surface area contributed by atoms with Crippen LogP contribution in [0.2, 0.25) is 0 Å². The van der Waals surface area contributed by atoms with E-state index in [0.29, 0.717) is 6.42 Å². The van der Waals surface area contributed by atoms with Gasteiger partial charge in [0, 0.05) is 12.1 Å². The molecular formula is C16H18N4O4. The minimum Gasteiger partial charge on any atom is -0.496 e. The number of pyridine rings is 1. The molecular weight excluding hydrogens is 312 g/mol. The minimum absolute atomic E-state index is 0.0175. The average molecular weight is 330 g/mol. The summed E-state index contributed by atoms with van der Waals surface area (Å²) in [5, 5.41) is 13.9. The van der Waals surface area contributed by atoms with Gasteiger partial charge in [-0.2, -0.15) is 0 Å². The van der Waals surface area contributed by atoms with E-state index < -0.39 is 10.8 Å². The first kappa shape index (κ1) is 17.2. The van der Waals surface area contributed by atoms with Crippen LogP contribution in [0.5, 0.6) is 5.75 Å². The number of carbonyl (C=O) groups excluding carboxylic acids is 1. The summed E-state index contributed by atoms with van der Waals surface area (Å²) in [6.07, 6.45) is 1.70. The van der Waals surface area contributed by atoms with Gasteiger partial charge in [0.05, 0.1) is 17.6 Å². The van der Waals surface area contributed by atoms with Crippen LogP contribution in [0.25, 0.3) is 0 Å². The molecule has 0 bridgehead atoms. The van der Waals surface area contributed by atoms with E-state index in [4.69, 9.17) is 10.5 Å². The standard InChI is InChI=1S/C16H18N4O4/c1-10(7-11-5-3-4-6-14(11)24-2)19-16-13(15(17)21)8-12(9-18-16)20(22)23/h3-6,8-10H,7H2,1-2H3,(H2,17,21)(H,18,19). The van der Waals surface area contributed by atoms with Gasteiger partial charge in [0.1, 0.15) is 17.8 Å². The maximum absolute atomic E-state index is 11.5. The van der Waals surface area contributed by atoms with Gasteiger partial charge in [-0.15, -0.1) is 0 Å². The van der Waals surface area contributed by atoms with Crippen molar-refractivity contribution in [3.63, 3.8) is 0 Å². The van der Waals surface area contributed by atoms with Gasteiger partial charge in [-0.25, -0.2) is 4.98 Å². The third-order valence-electron chi connectivity index (χ3n) is 3.45. The number of hydrogen-bond donors (Lipinski definition) is 2. The summed E-state index contributed by atoms with van der Waals surface area (Å²) < 4.78 is 5.31. The quantitative estimate of drug-likeness (QED) is 0.592. The van der Waals surface area contributed by atoms with Crippen molar-refractivity contribution in [2.45, 2.75) is 19.4 Å². The molecule has 8 heteroatoms. The molecule has 1 aromatic heterocycles. The Labute approximate surface area is 138 Å². The number of amides is 1. The van der Waals surface area contributed by atoms with Crippen LogP contribution < -0.4 is 15.8 Å². The van der Waals surface area contributed by atoms with Crippen molar-refractivity contribution in [2.24, 2.45) is 5.73 Å². The second-order valence-electron chi connectivity index (χ2n) is 5.27. The number of methoxy groups -OCH3 is 1. The number of nitrogens with two attached hydrogens (primary N) is 1. The van der Waals surface area contributed by atoms with Crippen LogP contribution in [0, 0.1) is 10.1 Å². The molecule has 0 aliphatic rings. The van der Waals surface area contributed by atoms with E-state index in [0.717, 1.165) is 23.6 Å². The summed E-state index contributed by atoms with van der Waals surface area (Å²) in [6, 6.07) is 8.60. The number of nitrogens with zero attached hydrogens (tertiary/aromatic N) is 2. The average Bonchev–Trinajstić information content (AvgIpc) is 2.55. The van der Waals surface area contributed by atoms with Crippen molar-refractivity contribution in [1.82, 2.24) is 4.98 Å². The highest BCUT2D eigenvalue weighted by Gasteiger charge is 2.18. The van der Waals surface area contributed by atoms with Crippen molar-refractivity contribution in [3.8, 4) is 5.75 Å². The Morgan fingerprint density at radius 1 is 1.46 bits per heavy atom. The smallest absolute Gasteiger partial charge is 0.288 e. The van der Waals surface area contributed by atoms with Gasteiger partial charge in [0.25, 0.3) is 11.6 Å². The maximum Gasteiger partial charge on any atom is 0.288 e. The van der Waals surface area contributed by atoms with Crippen molar-refractivity contribution in [3.05, 3.63) is 57.8 Å². The lowest BCUT2D eigenvalue weighted by Gasteiger charge is -2.17. The predicted molar refractivity (Wildman–Crippen MR) is 89.2 cm³/mol. The largest absolute Gasteiger partial charge is 0.496 e. The molecule has 1 amide bonds. The molecule has 2 rings (SSSR count). The Morgan fingerprint density at radius 3 is 2.79 bits per heavy atom. The predicted octanol–water partition coefficient (Wildman–Crippen LogP) is 2.14. The van der Waals surface area contributed by atoms with Crippen molar-refractivity contribution in [2.75, 3.05) is 12.4 Å². The first-order valence-corrected chi connectivity index (χ1v) is 7.25. The van der Waals surface area contributed by atoms with Crippen LogP contribution in [-0.2, 0) is 6.42 Å². The van der Waals surface area contributed by atoms with Crippen LogP contribution in [0.4, 0.5) is 11.5 Å². The number of aromatic nitrogens is 1. The molecule has 1 heterocycles. The third kappa shape index (κ3) is 3.97. The molecule has 0 fully saturated rings. The monoisotopic (exact) mass is 330 g/mol. The summed E-state index contributed by atoms with van der Waals surface area (Å²) in [5.41, 5.74) is 5.98. The van der Waals surface area contributed by atoms with Gasteiger partial charge in [-0.3, -0.25) is 14.9 Å². The topological polar surface area (TPSA) is 120 Å². The summed E-state index contributed by atoms with van der Waals surface area (Å²) >= 11 is 0. The number of ether oxygens (including phenoxy) is 1. The number of nitro groups is 1. The van der Waals surface area contributed by atoms with E-state index in [2.05, 4.69) is 10.3 Å². The van der Waals surface area contributed by atoms with E-state index in [1.54, 1.807) is 7.11 Å². The lowest BCUT2D eigenvalue weighted by Crippen LogP contribution is -2.23. The van der Waals surface area contributed by atoms with Gasteiger partial charge in [-0.1, -0.05) is 18.2 Å². The fourth-order valence-electron chi connectivity index (χ4n) is 2.34. The highest BCUT2D eigenvalue weighted by Crippen LogP contribution is 2.22. The number of primary amides is 1. The number of hydrogen-bond acceptors (Lipinski definition) is 6. The van der Waals surface area contributed by atoms with Crippen molar-refractivity contribution >= 4 is 17.4 Å². The molecule has 1 unspecified atom stereocenters. The maximum atomic E-state index is 11.5. The normalized spacial score (nSPS) is 11.6. The van der Waals surface area contributed by atoms with E-state index in [1.807, 2.05) is 31.2 Å². The van der Waals surface area contributed by atoms with Gasteiger partial charge in [0.2, 0.25) is 0 Å². The second kappa shape index (κ2) is 7.40. The number of anilines is 1. The molecule has 0 saturated heterocycles. The molecule has 1 aromatic carbocycles. The Kier molecular flexibility index (Phi) is 5.31. The highest BCUT2D eigenvalue weighted by atomic mass is 16.6. The van der Waals surface area contributed by atoms with E-state index in [1.165, 1.54) is 0 Å². The second-order valence-corrected chi connectivity index (χ2v) is 5.27. The summed E-state index contributed by atoms with van der Waals surface area (Å²) in [6.45, 7) is 1.90. The molecule has 3 N–H and O–H groups in total. The molecule has 1 atom stereocenters. The molecule has 0 radical (unpaired) electrons. The Bertz CT molecular complexity index is 763. The Balaban J connectivity index is 2.20.